The average Bonchev–Trinajstić information content (AvgIpc) is 2.76. The molecule has 2 aliphatic heterocycles. The molecule has 0 bridgehead atoms. The molecule has 8 nitrogen and oxygen atoms in total. The molecule has 2 heterocycles. The van der Waals surface area contributed by atoms with E-state index in [0.717, 1.165) is 11.1 Å². The highest BCUT2D eigenvalue weighted by Gasteiger charge is 2.19. The van der Waals surface area contributed by atoms with Gasteiger partial charge < -0.3 is 24.8 Å². The van der Waals surface area contributed by atoms with Gasteiger partial charge in [0.15, 0.2) is 18.1 Å². The van der Waals surface area contributed by atoms with Crippen LogP contribution in [-0.4, -0.2) is 37.6 Å². The lowest BCUT2D eigenvalue weighted by atomic mass is 10.0. The van der Waals surface area contributed by atoms with Gasteiger partial charge in [0.2, 0.25) is 5.91 Å². The van der Waals surface area contributed by atoms with Crippen molar-refractivity contribution in [2.75, 3.05) is 25.1 Å². The molecule has 1 atom stereocenters. The van der Waals surface area contributed by atoms with Gasteiger partial charge in [-0.3, -0.25) is 9.59 Å². The molecule has 8 heteroatoms. The van der Waals surface area contributed by atoms with Gasteiger partial charge in [0.05, 0.1) is 11.6 Å². The minimum atomic E-state index is -0.586. The Kier molecular flexibility index (Phi) is 5.56. The summed E-state index contributed by atoms with van der Waals surface area (Å²) in [5.41, 5.74) is 2.78. The number of anilines is 1. The van der Waals surface area contributed by atoms with Crippen LogP contribution in [0.15, 0.2) is 36.4 Å². The number of benzene rings is 2. The van der Waals surface area contributed by atoms with Gasteiger partial charge in [-0.15, -0.1) is 0 Å². The lowest BCUT2D eigenvalue weighted by Crippen LogP contribution is -2.31. The molecule has 156 valence electrons. The summed E-state index contributed by atoms with van der Waals surface area (Å²) < 4.78 is 16.2. The summed E-state index contributed by atoms with van der Waals surface area (Å²) in [6.07, 6.45) is 0.946. The number of amides is 2. The number of nitrogens with one attached hydrogen (secondary N) is 2. The summed E-state index contributed by atoms with van der Waals surface area (Å²) in [5.74, 6) is 0.298. The highest BCUT2D eigenvalue weighted by Crippen LogP contribution is 2.32. The number of aryl methyl sites for hydroxylation is 1. The fourth-order valence-corrected chi connectivity index (χ4v) is 3.42. The molecule has 1 unspecified atom stereocenters. The standard InChI is InChI=1S/C22H22N2O6/c1-13(14-3-6-18-19(11-14)29-9-8-28-18)23-21(26)12-30-22(27)16-2-5-17-15(10-16)4-7-20(25)24-17/h2-3,5-6,10-11,13H,4,7-9,12H2,1H3,(H,23,26)(H,24,25). The Morgan fingerprint density at radius 3 is 2.73 bits per heavy atom. The zero-order valence-corrected chi connectivity index (χ0v) is 16.5. The van der Waals surface area contributed by atoms with Crippen molar-refractivity contribution in [2.45, 2.75) is 25.8 Å². The van der Waals surface area contributed by atoms with Crippen LogP contribution in [0.1, 0.15) is 40.9 Å². The Labute approximate surface area is 173 Å². The Balaban J connectivity index is 1.31. The molecule has 2 N–H and O–H groups in total. The molecule has 30 heavy (non-hydrogen) atoms. The van der Waals surface area contributed by atoms with Crippen LogP contribution in [0.2, 0.25) is 0 Å². The normalized spacial score (nSPS) is 15.4. The van der Waals surface area contributed by atoms with E-state index >= 15 is 0 Å². The predicted molar refractivity (Wildman–Crippen MR) is 108 cm³/mol. The van der Waals surface area contributed by atoms with Gasteiger partial charge in [-0.25, -0.2) is 4.79 Å². The number of ether oxygens (including phenoxy) is 3. The number of hydrogen-bond acceptors (Lipinski definition) is 6. The summed E-state index contributed by atoms with van der Waals surface area (Å²) in [4.78, 5) is 35.9. The van der Waals surface area contributed by atoms with E-state index in [9.17, 15) is 14.4 Å². The van der Waals surface area contributed by atoms with Gasteiger partial charge in [0.1, 0.15) is 13.2 Å². The summed E-state index contributed by atoms with van der Waals surface area (Å²) in [7, 11) is 0. The molecule has 2 aromatic carbocycles. The van der Waals surface area contributed by atoms with Crippen LogP contribution >= 0.6 is 0 Å². The maximum absolute atomic E-state index is 12.3. The van der Waals surface area contributed by atoms with Gasteiger partial charge in [-0.05, 0) is 54.8 Å². The minimum absolute atomic E-state index is 0.0402. The van der Waals surface area contributed by atoms with Crippen LogP contribution in [0.3, 0.4) is 0 Å². The third-order valence-electron chi connectivity index (χ3n) is 5.01. The highest BCUT2D eigenvalue weighted by atomic mass is 16.6. The lowest BCUT2D eigenvalue weighted by Gasteiger charge is -2.21. The van der Waals surface area contributed by atoms with Crippen molar-refractivity contribution in [1.29, 1.82) is 0 Å². The maximum Gasteiger partial charge on any atom is 0.338 e. The summed E-state index contributed by atoms with van der Waals surface area (Å²) >= 11 is 0. The van der Waals surface area contributed by atoms with E-state index in [1.165, 1.54) is 0 Å². The van der Waals surface area contributed by atoms with Gasteiger partial charge in [0.25, 0.3) is 5.91 Å². The number of hydrogen-bond donors (Lipinski definition) is 2. The molecule has 0 saturated carbocycles. The van der Waals surface area contributed by atoms with Crippen LogP contribution in [-0.2, 0) is 20.7 Å². The molecule has 0 spiro atoms. The molecule has 4 rings (SSSR count). The van der Waals surface area contributed by atoms with Crippen LogP contribution in [0.25, 0.3) is 0 Å². The van der Waals surface area contributed by atoms with E-state index in [4.69, 9.17) is 14.2 Å². The third-order valence-corrected chi connectivity index (χ3v) is 5.01. The second-order valence-corrected chi connectivity index (χ2v) is 7.19. The van der Waals surface area contributed by atoms with Gasteiger partial charge in [0, 0.05) is 12.1 Å². The molecule has 2 aliphatic rings. The molecular weight excluding hydrogens is 388 g/mol. The fourth-order valence-electron chi connectivity index (χ4n) is 3.42. The van der Waals surface area contributed by atoms with Crippen molar-refractivity contribution in [3.05, 3.63) is 53.1 Å². The molecule has 0 aliphatic carbocycles. The molecule has 0 saturated heterocycles. The van der Waals surface area contributed by atoms with E-state index in [1.54, 1.807) is 18.2 Å². The quantitative estimate of drug-likeness (QED) is 0.734. The van der Waals surface area contributed by atoms with Crippen molar-refractivity contribution in [2.24, 2.45) is 0 Å². The van der Waals surface area contributed by atoms with Gasteiger partial charge in [-0.2, -0.15) is 0 Å². The Bertz CT molecular complexity index is 1000. The van der Waals surface area contributed by atoms with E-state index in [1.807, 2.05) is 25.1 Å². The van der Waals surface area contributed by atoms with Crippen LogP contribution < -0.4 is 20.1 Å². The number of carbonyl (C=O) groups excluding carboxylic acids is 3. The molecule has 0 radical (unpaired) electrons. The zero-order chi connectivity index (χ0) is 21.1. The van der Waals surface area contributed by atoms with Gasteiger partial charge in [-0.1, -0.05) is 6.07 Å². The van der Waals surface area contributed by atoms with Gasteiger partial charge >= 0.3 is 5.97 Å². The number of rotatable bonds is 5. The van der Waals surface area contributed by atoms with Crippen LogP contribution in [0.5, 0.6) is 11.5 Å². The number of fused-ring (bicyclic) bond motifs is 2. The fraction of sp³-hybridized carbons (Fsp3) is 0.318. The summed E-state index contributed by atoms with van der Waals surface area (Å²) in [6.45, 7) is 2.45. The number of carbonyl (C=O) groups is 3. The second-order valence-electron chi connectivity index (χ2n) is 7.19. The summed E-state index contributed by atoms with van der Waals surface area (Å²) in [6, 6.07) is 10.1. The minimum Gasteiger partial charge on any atom is -0.486 e. The van der Waals surface area contributed by atoms with E-state index < -0.39 is 11.9 Å². The Morgan fingerprint density at radius 2 is 1.90 bits per heavy atom. The van der Waals surface area contributed by atoms with Crippen LogP contribution in [0.4, 0.5) is 5.69 Å². The first-order chi connectivity index (χ1) is 14.5. The first-order valence-corrected chi connectivity index (χ1v) is 9.78. The van der Waals surface area contributed by atoms with Crippen molar-refractivity contribution < 1.29 is 28.6 Å². The van der Waals surface area contributed by atoms with Crippen LogP contribution in [0, 0.1) is 0 Å². The van der Waals surface area contributed by atoms with E-state index in [2.05, 4.69) is 10.6 Å². The number of esters is 1. The molecular formula is C22H22N2O6. The molecule has 0 aromatic heterocycles. The monoisotopic (exact) mass is 410 g/mol. The lowest BCUT2D eigenvalue weighted by molar-refractivity contribution is -0.124. The molecule has 0 fully saturated rings. The van der Waals surface area contributed by atoms with Crippen molar-refractivity contribution >= 4 is 23.5 Å². The smallest absolute Gasteiger partial charge is 0.338 e. The van der Waals surface area contributed by atoms with E-state index in [-0.39, 0.29) is 18.6 Å². The maximum atomic E-state index is 12.3. The first-order valence-electron chi connectivity index (χ1n) is 9.78. The molecule has 2 aromatic rings. The zero-order valence-electron chi connectivity index (χ0n) is 16.5. The van der Waals surface area contributed by atoms with E-state index in [0.29, 0.717) is 48.8 Å². The largest absolute Gasteiger partial charge is 0.486 e. The summed E-state index contributed by atoms with van der Waals surface area (Å²) in [5, 5.41) is 5.56. The van der Waals surface area contributed by atoms with Crippen molar-refractivity contribution in [3.8, 4) is 11.5 Å². The molecule has 2 amide bonds. The Hall–Kier alpha value is -3.55. The third kappa shape index (κ3) is 4.37. The predicted octanol–water partition coefficient (Wildman–Crippen LogP) is 2.38. The SMILES string of the molecule is CC(NC(=O)COC(=O)c1ccc2c(c1)CCC(=O)N2)c1ccc2c(c1)OCCO2. The Morgan fingerprint density at radius 1 is 1.10 bits per heavy atom. The van der Waals surface area contributed by atoms with Crippen molar-refractivity contribution in [3.63, 3.8) is 0 Å². The first kappa shape index (κ1) is 19.8. The average molecular weight is 410 g/mol. The topological polar surface area (TPSA) is 103 Å². The van der Waals surface area contributed by atoms with Crippen molar-refractivity contribution in [1.82, 2.24) is 5.32 Å². The highest BCUT2D eigenvalue weighted by molar-refractivity contribution is 5.96. The second kappa shape index (κ2) is 8.44.